The number of nitrogens with one attached hydrogen (secondary N) is 3. The summed E-state index contributed by atoms with van der Waals surface area (Å²) >= 11 is 0. The van der Waals surface area contributed by atoms with Gasteiger partial charge in [0.15, 0.2) is 11.9 Å². The first-order valence-corrected chi connectivity index (χ1v) is 13.8. The maximum atomic E-state index is 13.2. The molecule has 204 valence electrons. The van der Waals surface area contributed by atoms with Gasteiger partial charge in [-0.1, -0.05) is 42.4 Å². The van der Waals surface area contributed by atoms with E-state index in [9.17, 15) is 18.0 Å². The zero-order chi connectivity index (χ0) is 28.3. The fraction of sp³-hybridized carbons (Fsp3) is 0.143. The van der Waals surface area contributed by atoms with E-state index in [-0.39, 0.29) is 22.7 Å². The number of H-pyrrole nitrogens is 1. The van der Waals surface area contributed by atoms with Crippen LogP contribution in [0.3, 0.4) is 0 Å². The van der Waals surface area contributed by atoms with E-state index in [0.717, 1.165) is 11.0 Å². The van der Waals surface area contributed by atoms with Crippen molar-refractivity contribution in [2.75, 3.05) is 10.0 Å². The molecule has 0 saturated carbocycles. The Hall–Kier alpha value is -4.97. The fourth-order valence-electron chi connectivity index (χ4n) is 4.01. The molecular formula is C28H25N5O6S. The van der Waals surface area contributed by atoms with Gasteiger partial charge < -0.3 is 19.6 Å². The maximum Gasteiger partial charge on any atom is 0.339 e. The molecule has 0 aliphatic carbocycles. The molecule has 5 aromatic rings. The molecule has 0 spiro atoms. The molecule has 0 fully saturated rings. The van der Waals surface area contributed by atoms with Crippen molar-refractivity contribution < 1.29 is 27.3 Å². The fourth-order valence-corrected chi connectivity index (χ4v) is 5.00. The number of aromatic amines is 1. The molecule has 3 N–H and O–H groups in total. The highest BCUT2D eigenvalue weighted by Gasteiger charge is 2.25. The molecule has 1 unspecified atom stereocenters. The van der Waals surface area contributed by atoms with E-state index in [4.69, 9.17) is 9.26 Å². The molecular weight excluding hydrogens is 534 g/mol. The van der Waals surface area contributed by atoms with E-state index in [1.807, 2.05) is 24.3 Å². The Labute approximate surface area is 229 Å². The first kappa shape index (κ1) is 26.6. The Kier molecular flexibility index (Phi) is 7.34. The lowest BCUT2D eigenvalue weighted by Gasteiger charge is -2.17. The number of amides is 1. The summed E-state index contributed by atoms with van der Waals surface area (Å²) in [4.78, 5) is 33.8. The number of imidazole rings is 1. The number of carbonyl (C=O) groups is 2. The average Bonchev–Trinajstić information content (AvgIpc) is 3.57. The quantitative estimate of drug-likeness (QED) is 0.215. The largest absolute Gasteiger partial charge is 0.449 e. The van der Waals surface area contributed by atoms with Crippen LogP contribution in [-0.2, 0) is 19.6 Å². The average molecular weight is 560 g/mol. The number of benzene rings is 3. The Morgan fingerprint density at radius 3 is 2.45 bits per heavy atom. The Morgan fingerprint density at radius 2 is 1.75 bits per heavy atom. The summed E-state index contributed by atoms with van der Waals surface area (Å²) in [5.41, 5.74) is 2.73. The van der Waals surface area contributed by atoms with Crippen molar-refractivity contribution in [1.29, 1.82) is 0 Å². The number of ether oxygens (including phenoxy) is 1. The molecule has 1 amide bonds. The van der Waals surface area contributed by atoms with Gasteiger partial charge in [-0.3, -0.25) is 9.52 Å². The summed E-state index contributed by atoms with van der Waals surface area (Å²) in [6.45, 7) is 3.36. The number of hydrogen-bond acceptors (Lipinski definition) is 8. The predicted molar refractivity (Wildman–Crippen MR) is 148 cm³/mol. The normalized spacial score (nSPS) is 12.2. The second-order valence-electron chi connectivity index (χ2n) is 8.89. The second kappa shape index (κ2) is 11.0. The Morgan fingerprint density at radius 1 is 1.02 bits per heavy atom. The molecule has 2 aromatic heterocycles. The molecule has 0 bridgehead atoms. The van der Waals surface area contributed by atoms with E-state index in [1.165, 1.54) is 30.3 Å². The third-order valence-electron chi connectivity index (χ3n) is 6.00. The van der Waals surface area contributed by atoms with Gasteiger partial charge in [-0.25, -0.2) is 18.2 Å². The number of nitrogens with zero attached hydrogens (tertiary/aromatic N) is 2. The van der Waals surface area contributed by atoms with Crippen LogP contribution >= 0.6 is 0 Å². The highest BCUT2D eigenvalue weighted by molar-refractivity contribution is 7.92. The van der Waals surface area contributed by atoms with Crippen LogP contribution in [0, 0.1) is 6.92 Å². The van der Waals surface area contributed by atoms with Crippen LogP contribution in [0.1, 0.15) is 29.5 Å². The molecule has 2 heterocycles. The highest BCUT2D eigenvalue weighted by Crippen LogP contribution is 2.25. The molecule has 0 saturated heterocycles. The van der Waals surface area contributed by atoms with Gasteiger partial charge in [-0.2, -0.15) is 0 Å². The summed E-state index contributed by atoms with van der Waals surface area (Å²) in [5, 5.41) is 6.29. The molecule has 11 nitrogen and oxygen atoms in total. The number of fused-ring (bicyclic) bond motifs is 1. The van der Waals surface area contributed by atoms with E-state index >= 15 is 0 Å². The van der Waals surface area contributed by atoms with Crippen LogP contribution in [0.15, 0.2) is 88.3 Å². The van der Waals surface area contributed by atoms with Gasteiger partial charge in [-0.15, -0.1) is 0 Å². The first-order valence-electron chi connectivity index (χ1n) is 12.4. The third-order valence-corrected chi connectivity index (χ3v) is 7.37. The molecule has 0 aliphatic rings. The van der Waals surface area contributed by atoms with E-state index < -0.39 is 28.0 Å². The van der Waals surface area contributed by atoms with Crippen molar-refractivity contribution in [2.45, 2.75) is 31.3 Å². The summed E-state index contributed by atoms with van der Waals surface area (Å²) in [6, 6.07) is 21.4. The number of carbonyl (C=O) groups excluding carboxylic acids is 2. The molecule has 12 heteroatoms. The lowest BCUT2D eigenvalue weighted by Crippen LogP contribution is -2.32. The van der Waals surface area contributed by atoms with Crippen LogP contribution in [-0.4, -0.2) is 41.5 Å². The SMILES string of the molecule is CCC(OC(=O)c1ccccc1-c1nc2ccccc2[nH]1)C(=O)Nc1ccc(S(=O)(=O)Nc2cc(C)on2)cc1. The maximum absolute atomic E-state index is 13.2. The van der Waals surface area contributed by atoms with Crippen LogP contribution < -0.4 is 10.0 Å². The minimum Gasteiger partial charge on any atom is -0.449 e. The van der Waals surface area contributed by atoms with Gasteiger partial charge >= 0.3 is 5.97 Å². The van der Waals surface area contributed by atoms with Gasteiger partial charge in [0, 0.05) is 17.3 Å². The van der Waals surface area contributed by atoms with Crippen molar-refractivity contribution in [1.82, 2.24) is 15.1 Å². The minimum atomic E-state index is -3.91. The van der Waals surface area contributed by atoms with Crippen molar-refractivity contribution in [3.8, 4) is 11.4 Å². The predicted octanol–water partition coefficient (Wildman–Crippen LogP) is 4.90. The summed E-state index contributed by atoms with van der Waals surface area (Å²) in [5.74, 6) is -0.198. The number of hydrogen-bond donors (Lipinski definition) is 3. The van der Waals surface area contributed by atoms with Gasteiger partial charge in [0.05, 0.1) is 21.5 Å². The van der Waals surface area contributed by atoms with Crippen LogP contribution in [0.25, 0.3) is 22.4 Å². The first-order chi connectivity index (χ1) is 19.2. The standard InChI is InChI=1S/C28H25N5O6S/c1-3-24(27(34)29-18-12-14-19(15-13-18)40(36,37)33-25-16-17(2)39-32-25)38-28(35)21-9-5-4-8-20(21)26-30-22-10-6-7-11-23(22)31-26/h4-16,24H,3H2,1-2H3,(H,29,34)(H,30,31)(H,32,33). The number of aryl methyl sites for hydroxylation is 1. The minimum absolute atomic E-state index is 0.0354. The molecule has 0 radical (unpaired) electrons. The second-order valence-corrected chi connectivity index (χ2v) is 10.6. The van der Waals surface area contributed by atoms with Crippen LogP contribution in [0.4, 0.5) is 11.5 Å². The molecule has 0 aliphatic heterocycles. The Balaban J connectivity index is 1.27. The topological polar surface area (TPSA) is 156 Å². The van der Waals surface area contributed by atoms with Crippen LogP contribution in [0.2, 0.25) is 0 Å². The van der Waals surface area contributed by atoms with Crippen molar-refractivity contribution in [3.63, 3.8) is 0 Å². The zero-order valence-corrected chi connectivity index (χ0v) is 22.4. The number of esters is 1. The highest BCUT2D eigenvalue weighted by atomic mass is 32.2. The van der Waals surface area contributed by atoms with Gasteiger partial charge in [-0.05, 0) is 55.8 Å². The zero-order valence-electron chi connectivity index (χ0n) is 21.5. The van der Waals surface area contributed by atoms with E-state index in [1.54, 1.807) is 38.1 Å². The molecule has 40 heavy (non-hydrogen) atoms. The number of rotatable bonds is 9. The van der Waals surface area contributed by atoms with Gasteiger partial charge in [0.2, 0.25) is 0 Å². The summed E-state index contributed by atoms with van der Waals surface area (Å²) in [6.07, 6.45) is -0.866. The van der Waals surface area contributed by atoms with Gasteiger partial charge in [0.1, 0.15) is 11.6 Å². The molecule has 1 atom stereocenters. The number of para-hydroxylation sites is 2. The van der Waals surface area contributed by atoms with Crippen molar-refractivity contribution in [3.05, 3.63) is 90.2 Å². The summed E-state index contributed by atoms with van der Waals surface area (Å²) < 4.78 is 38.0. The van der Waals surface area contributed by atoms with Crippen LogP contribution in [0.5, 0.6) is 0 Å². The number of sulfonamides is 1. The molecule has 5 rings (SSSR count). The third kappa shape index (κ3) is 5.71. The smallest absolute Gasteiger partial charge is 0.339 e. The lowest BCUT2D eigenvalue weighted by molar-refractivity contribution is -0.124. The summed E-state index contributed by atoms with van der Waals surface area (Å²) in [7, 11) is -3.91. The van der Waals surface area contributed by atoms with Crippen molar-refractivity contribution in [2.24, 2.45) is 0 Å². The molecule has 3 aromatic carbocycles. The Bertz CT molecular complexity index is 1760. The number of anilines is 2. The lowest BCUT2D eigenvalue weighted by atomic mass is 10.1. The van der Waals surface area contributed by atoms with E-state index in [2.05, 4.69) is 25.2 Å². The number of aromatic nitrogens is 3. The van der Waals surface area contributed by atoms with Gasteiger partial charge in [0.25, 0.3) is 15.9 Å². The monoisotopic (exact) mass is 559 g/mol. The van der Waals surface area contributed by atoms with Crippen molar-refractivity contribution >= 4 is 44.4 Å². The van der Waals surface area contributed by atoms with E-state index in [0.29, 0.717) is 22.8 Å².